The van der Waals surface area contributed by atoms with Crippen LogP contribution in [0, 0.1) is 13.8 Å². The second-order valence-electron chi connectivity index (χ2n) is 6.17. The Balaban J connectivity index is 1.95. The molecule has 0 fully saturated rings. The van der Waals surface area contributed by atoms with Gasteiger partial charge in [0.1, 0.15) is 5.82 Å². The highest BCUT2D eigenvalue weighted by molar-refractivity contribution is 6.01. The predicted octanol–water partition coefficient (Wildman–Crippen LogP) is 3.46. The van der Waals surface area contributed by atoms with Crippen LogP contribution in [-0.2, 0) is 0 Å². The molecule has 3 rings (SSSR count). The van der Waals surface area contributed by atoms with E-state index in [1.807, 2.05) is 39.8 Å². The van der Waals surface area contributed by atoms with Crippen molar-refractivity contribution in [2.75, 3.05) is 13.2 Å². The summed E-state index contributed by atoms with van der Waals surface area (Å²) < 4.78 is 17.3. The van der Waals surface area contributed by atoms with Crippen LogP contribution in [-0.4, -0.2) is 34.3 Å². The Morgan fingerprint density at radius 3 is 2.63 bits per heavy atom. The van der Waals surface area contributed by atoms with E-state index in [-0.39, 0.29) is 17.7 Å². The van der Waals surface area contributed by atoms with E-state index >= 15 is 0 Å². The van der Waals surface area contributed by atoms with Gasteiger partial charge in [0.05, 0.1) is 19.3 Å². The number of carbonyl (C=O) groups is 1. The molecule has 144 valence electrons. The zero-order valence-electron chi connectivity index (χ0n) is 16.2. The third-order valence-corrected chi connectivity index (χ3v) is 4.17. The van der Waals surface area contributed by atoms with Crippen molar-refractivity contribution in [2.24, 2.45) is 0 Å². The van der Waals surface area contributed by atoms with Crippen LogP contribution in [0.2, 0.25) is 0 Å². The Hall–Kier alpha value is -3.03. The number of aromatic nitrogens is 3. The number of rotatable bonds is 7. The van der Waals surface area contributed by atoms with E-state index in [2.05, 4.69) is 20.5 Å². The van der Waals surface area contributed by atoms with Crippen LogP contribution in [0.3, 0.4) is 0 Å². The summed E-state index contributed by atoms with van der Waals surface area (Å²) in [5.74, 6) is 2.21. The summed E-state index contributed by atoms with van der Waals surface area (Å²) in [4.78, 5) is 17.0. The Kier molecular flexibility index (Phi) is 5.34. The lowest BCUT2D eigenvalue weighted by Crippen LogP contribution is -2.27. The number of carbonyl (C=O) groups excluding carboxylic acids is 1. The fourth-order valence-corrected chi connectivity index (χ4v) is 2.89. The largest absolute Gasteiger partial charge is 0.490 e. The fourth-order valence-electron chi connectivity index (χ4n) is 2.89. The molecule has 8 heteroatoms. The molecule has 0 radical (unpaired) electrons. The van der Waals surface area contributed by atoms with Crippen LogP contribution < -0.4 is 14.8 Å². The fraction of sp³-hybridized carbons (Fsp3) is 0.421. The van der Waals surface area contributed by atoms with Crippen molar-refractivity contribution in [1.29, 1.82) is 0 Å². The van der Waals surface area contributed by atoms with Crippen LogP contribution in [0.1, 0.15) is 54.6 Å². The molecule has 0 bridgehead atoms. The molecule has 0 saturated heterocycles. The van der Waals surface area contributed by atoms with Crippen molar-refractivity contribution in [3.63, 3.8) is 0 Å². The first-order valence-electron chi connectivity index (χ1n) is 8.97. The van der Waals surface area contributed by atoms with Gasteiger partial charge in [0.2, 0.25) is 5.75 Å². The second-order valence-corrected chi connectivity index (χ2v) is 6.17. The molecule has 1 atom stereocenters. The summed E-state index contributed by atoms with van der Waals surface area (Å²) in [5, 5.41) is 10.5. The molecule has 0 aliphatic heterocycles. The number of benzene rings is 1. The van der Waals surface area contributed by atoms with E-state index in [9.17, 15) is 4.79 Å². The van der Waals surface area contributed by atoms with Crippen LogP contribution in [0.5, 0.6) is 11.5 Å². The highest BCUT2D eigenvalue weighted by Gasteiger charge is 2.24. The summed E-state index contributed by atoms with van der Waals surface area (Å²) in [6, 6.07) is 3.35. The number of hydrogen-bond acceptors (Lipinski definition) is 6. The molecule has 27 heavy (non-hydrogen) atoms. The van der Waals surface area contributed by atoms with Gasteiger partial charge in [-0.05, 0) is 46.8 Å². The molecule has 2 N–H and O–H groups in total. The molecule has 2 heterocycles. The van der Waals surface area contributed by atoms with E-state index in [0.717, 1.165) is 10.9 Å². The Morgan fingerprint density at radius 1 is 1.26 bits per heavy atom. The topological polar surface area (TPSA) is 102 Å². The van der Waals surface area contributed by atoms with E-state index in [0.29, 0.717) is 41.9 Å². The van der Waals surface area contributed by atoms with Crippen molar-refractivity contribution < 1.29 is 18.7 Å². The molecular weight excluding hydrogens is 348 g/mol. The number of aryl methyl sites for hydroxylation is 2. The highest BCUT2D eigenvalue weighted by Crippen LogP contribution is 2.39. The van der Waals surface area contributed by atoms with Crippen LogP contribution >= 0.6 is 0 Å². The average Bonchev–Trinajstić information content (AvgIpc) is 3.21. The molecule has 8 nitrogen and oxygen atoms in total. The van der Waals surface area contributed by atoms with E-state index in [1.165, 1.54) is 0 Å². The number of furan rings is 1. The first-order chi connectivity index (χ1) is 13.0. The quantitative estimate of drug-likeness (QED) is 0.658. The number of ether oxygens (including phenoxy) is 2. The molecular formula is C19H24N4O4. The summed E-state index contributed by atoms with van der Waals surface area (Å²) in [7, 11) is 0. The van der Waals surface area contributed by atoms with Crippen molar-refractivity contribution >= 4 is 16.9 Å². The summed E-state index contributed by atoms with van der Waals surface area (Å²) >= 11 is 0. The monoisotopic (exact) mass is 372 g/mol. The van der Waals surface area contributed by atoms with Gasteiger partial charge in [0.25, 0.3) is 5.91 Å². The van der Waals surface area contributed by atoms with Gasteiger partial charge >= 0.3 is 0 Å². The van der Waals surface area contributed by atoms with Crippen molar-refractivity contribution in [1.82, 2.24) is 20.5 Å². The molecule has 1 amide bonds. The lowest BCUT2D eigenvalue weighted by Gasteiger charge is -2.10. The lowest BCUT2D eigenvalue weighted by atomic mass is 10.1. The van der Waals surface area contributed by atoms with Crippen molar-refractivity contribution in [3.05, 3.63) is 35.1 Å². The number of nitrogens with zero attached hydrogens (tertiary/aromatic N) is 2. The first-order valence-corrected chi connectivity index (χ1v) is 8.97. The Morgan fingerprint density at radius 2 is 2.00 bits per heavy atom. The number of amides is 1. The molecule has 0 unspecified atom stereocenters. The molecule has 3 aromatic rings. The highest BCUT2D eigenvalue weighted by atomic mass is 16.5. The molecule has 0 saturated carbocycles. The Labute approximate surface area is 157 Å². The zero-order chi connectivity index (χ0) is 19.6. The molecule has 1 aromatic carbocycles. The van der Waals surface area contributed by atoms with Gasteiger partial charge in [0, 0.05) is 10.9 Å². The van der Waals surface area contributed by atoms with Gasteiger partial charge in [-0.25, -0.2) is 4.98 Å². The second kappa shape index (κ2) is 7.69. The zero-order valence-corrected chi connectivity index (χ0v) is 16.2. The minimum atomic E-state index is -0.361. The maximum absolute atomic E-state index is 12.8. The number of hydrogen-bond donors (Lipinski definition) is 2. The summed E-state index contributed by atoms with van der Waals surface area (Å²) in [6.07, 6.45) is 0. The lowest BCUT2D eigenvalue weighted by molar-refractivity contribution is 0.0911. The minimum Gasteiger partial charge on any atom is -0.490 e. The number of aromatic amines is 1. The standard InChI is InChI=1S/C19H24N4O4/c1-6-25-14-9-8-13-10(3)15(27-16(13)17(14)26-7-2)19(24)20-11(4)18-21-12(5)22-23-18/h8-9,11H,6-7H2,1-5H3,(H,20,24)(H,21,22,23)/t11-/m1/s1. The van der Waals surface area contributed by atoms with E-state index in [4.69, 9.17) is 13.9 Å². The van der Waals surface area contributed by atoms with Gasteiger partial charge in [-0.2, -0.15) is 5.10 Å². The maximum Gasteiger partial charge on any atom is 0.287 e. The first kappa shape index (κ1) is 18.8. The van der Waals surface area contributed by atoms with E-state index < -0.39 is 0 Å². The number of H-pyrrole nitrogens is 1. The summed E-state index contributed by atoms with van der Waals surface area (Å²) in [6.45, 7) is 10.2. The predicted molar refractivity (Wildman–Crippen MR) is 100 cm³/mol. The van der Waals surface area contributed by atoms with Crippen molar-refractivity contribution in [2.45, 2.75) is 40.7 Å². The van der Waals surface area contributed by atoms with Crippen molar-refractivity contribution in [3.8, 4) is 11.5 Å². The molecule has 2 aromatic heterocycles. The molecule has 0 spiro atoms. The van der Waals surface area contributed by atoms with Crippen LogP contribution in [0.25, 0.3) is 11.0 Å². The van der Waals surface area contributed by atoms with Crippen LogP contribution in [0.4, 0.5) is 0 Å². The normalized spacial score (nSPS) is 12.2. The Bertz CT molecular complexity index is 960. The van der Waals surface area contributed by atoms with Gasteiger partial charge in [-0.1, -0.05) is 0 Å². The van der Waals surface area contributed by atoms with Gasteiger partial charge in [-0.15, -0.1) is 0 Å². The van der Waals surface area contributed by atoms with Gasteiger partial charge in [-0.3, -0.25) is 9.89 Å². The van der Waals surface area contributed by atoms with Gasteiger partial charge in [0.15, 0.2) is 22.9 Å². The third-order valence-electron chi connectivity index (χ3n) is 4.17. The number of fused-ring (bicyclic) bond motifs is 1. The SMILES string of the molecule is CCOc1ccc2c(C)c(C(=O)N[C@H](C)c3n[nH]c(C)n3)oc2c1OCC. The smallest absolute Gasteiger partial charge is 0.287 e. The van der Waals surface area contributed by atoms with Crippen LogP contribution in [0.15, 0.2) is 16.5 Å². The van der Waals surface area contributed by atoms with E-state index in [1.54, 1.807) is 6.92 Å². The molecule has 0 aliphatic rings. The molecule has 0 aliphatic carbocycles. The third kappa shape index (κ3) is 3.60. The maximum atomic E-state index is 12.8. The summed E-state index contributed by atoms with van der Waals surface area (Å²) in [5.41, 5.74) is 1.25. The average molecular weight is 372 g/mol. The van der Waals surface area contributed by atoms with Gasteiger partial charge < -0.3 is 19.2 Å². The number of nitrogens with one attached hydrogen (secondary N) is 2. The minimum absolute atomic E-state index is 0.235.